The Kier molecular flexibility index (Phi) is 4.24. The molecule has 0 aliphatic heterocycles. The highest BCUT2D eigenvalue weighted by molar-refractivity contribution is 4.83. The molecule has 0 spiro atoms. The highest BCUT2D eigenvalue weighted by atomic mass is 14.9. The molecule has 1 aliphatic carbocycles. The lowest BCUT2D eigenvalue weighted by atomic mass is 9.71. The summed E-state index contributed by atoms with van der Waals surface area (Å²) in [6.07, 6.45) is 5.58. The standard InChI is InChI=1S/C12H25N/c1-5-10-8-11(13-4)6-7-12(10)9(2)3/h9-13H,5-8H2,1-4H3. The molecule has 1 fully saturated rings. The Morgan fingerprint density at radius 2 is 2.00 bits per heavy atom. The molecule has 3 atom stereocenters. The second-order valence-corrected chi connectivity index (χ2v) is 4.87. The van der Waals surface area contributed by atoms with Crippen molar-refractivity contribution in [3.8, 4) is 0 Å². The molecule has 1 nitrogen and oxygen atoms in total. The minimum Gasteiger partial charge on any atom is -0.317 e. The minimum absolute atomic E-state index is 0.792. The van der Waals surface area contributed by atoms with Gasteiger partial charge in [-0.3, -0.25) is 0 Å². The molecular formula is C12H25N. The van der Waals surface area contributed by atoms with E-state index in [2.05, 4.69) is 33.1 Å². The lowest BCUT2D eigenvalue weighted by molar-refractivity contribution is 0.150. The van der Waals surface area contributed by atoms with Gasteiger partial charge >= 0.3 is 0 Å². The molecular weight excluding hydrogens is 158 g/mol. The Balaban J connectivity index is 2.50. The fourth-order valence-corrected chi connectivity index (χ4v) is 2.90. The Labute approximate surface area is 83.3 Å². The van der Waals surface area contributed by atoms with Crippen LogP contribution in [0.4, 0.5) is 0 Å². The second-order valence-electron chi connectivity index (χ2n) is 4.87. The van der Waals surface area contributed by atoms with Crippen LogP contribution >= 0.6 is 0 Å². The summed E-state index contributed by atoms with van der Waals surface area (Å²) in [4.78, 5) is 0. The molecule has 78 valence electrons. The molecule has 1 aliphatic rings. The Morgan fingerprint density at radius 1 is 1.31 bits per heavy atom. The van der Waals surface area contributed by atoms with Crippen molar-refractivity contribution in [2.75, 3.05) is 7.05 Å². The van der Waals surface area contributed by atoms with Crippen LogP contribution in [0.3, 0.4) is 0 Å². The fourth-order valence-electron chi connectivity index (χ4n) is 2.90. The molecule has 0 aromatic carbocycles. The minimum atomic E-state index is 0.792. The van der Waals surface area contributed by atoms with Crippen molar-refractivity contribution in [3.05, 3.63) is 0 Å². The topological polar surface area (TPSA) is 12.0 Å². The van der Waals surface area contributed by atoms with Crippen LogP contribution in [-0.2, 0) is 0 Å². The van der Waals surface area contributed by atoms with E-state index in [9.17, 15) is 0 Å². The van der Waals surface area contributed by atoms with E-state index in [-0.39, 0.29) is 0 Å². The van der Waals surface area contributed by atoms with Crippen molar-refractivity contribution in [1.82, 2.24) is 5.32 Å². The van der Waals surface area contributed by atoms with Crippen LogP contribution in [0.1, 0.15) is 46.5 Å². The molecule has 13 heavy (non-hydrogen) atoms. The molecule has 0 saturated heterocycles. The first kappa shape index (κ1) is 11.0. The summed E-state index contributed by atoms with van der Waals surface area (Å²) in [7, 11) is 2.10. The highest BCUT2D eigenvalue weighted by Crippen LogP contribution is 2.36. The Morgan fingerprint density at radius 3 is 2.46 bits per heavy atom. The van der Waals surface area contributed by atoms with Crippen LogP contribution in [0.25, 0.3) is 0 Å². The molecule has 0 heterocycles. The molecule has 0 radical (unpaired) electrons. The summed E-state index contributed by atoms with van der Waals surface area (Å²) in [5.74, 6) is 2.82. The van der Waals surface area contributed by atoms with Gasteiger partial charge in [0.1, 0.15) is 0 Å². The summed E-state index contributed by atoms with van der Waals surface area (Å²) in [5.41, 5.74) is 0. The second kappa shape index (κ2) is 4.99. The van der Waals surface area contributed by atoms with Crippen LogP contribution < -0.4 is 5.32 Å². The largest absolute Gasteiger partial charge is 0.317 e. The normalized spacial score (nSPS) is 35.3. The van der Waals surface area contributed by atoms with Crippen molar-refractivity contribution in [1.29, 1.82) is 0 Å². The first-order chi connectivity index (χ1) is 6.19. The molecule has 1 heteroatoms. The summed E-state index contributed by atoms with van der Waals surface area (Å²) in [6, 6.07) is 0.792. The van der Waals surface area contributed by atoms with Crippen LogP contribution in [-0.4, -0.2) is 13.1 Å². The van der Waals surface area contributed by atoms with E-state index < -0.39 is 0 Å². The molecule has 0 aromatic rings. The quantitative estimate of drug-likeness (QED) is 0.709. The van der Waals surface area contributed by atoms with Crippen molar-refractivity contribution in [3.63, 3.8) is 0 Å². The average Bonchev–Trinajstić information content (AvgIpc) is 2.16. The van der Waals surface area contributed by atoms with Crippen molar-refractivity contribution in [2.24, 2.45) is 17.8 Å². The van der Waals surface area contributed by atoms with Crippen LogP contribution in [0.5, 0.6) is 0 Å². The third-order valence-electron chi connectivity index (χ3n) is 3.83. The van der Waals surface area contributed by atoms with Crippen LogP contribution in [0.2, 0.25) is 0 Å². The van der Waals surface area contributed by atoms with Crippen molar-refractivity contribution in [2.45, 2.75) is 52.5 Å². The van der Waals surface area contributed by atoms with Gasteiger partial charge in [0.25, 0.3) is 0 Å². The molecule has 1 saturated carbocycles. The van der Waals surface area contributed by atoms with Gasteiger partial charge in [0.15, 0.2) is 0 Å². The van der Waals surface area contributed by atoms with Gasteiger partial charge in [-0.2, -0.15) is 0 Å². The highest BCUT2D eigenvalue weighted by Gasteiger charge is 2.30. The first-order valence-electron chi connectivity index (χ1n) is 5.86. The Hall–Kier alpha value is -0.0400. The smallest absolute Gasteiger partial charge is 0.00669 e. The molecule has 0 bridgehead atoms. The van der Waals surface area contributed by atoms with Gasteiger partial charge in [0.2, 0.25) is 0 Å². The monoisotopic (exact) mass is 183 g/mol. The molecule has 3 unspecified atom stereocenters. The maximum absolute atomic E-state index is 3.43. The van der Waals surface area contributed by atoms with E-state index in [1.807, 2.05) is 0 Å². The van der Waals surface area contributed by atoms with E-state index in [0.717, 1.165) is 23.8 Å². The zero-order chi connectivity index (χ0) is 9.84. The van der Waals surface area contributed by atoms with Crippen molar-refractivity contribution >= 4 is 0 Å². The van der Waals surface area contributed by atoms with E-state index in [1.165, 1.54) is 25.7 Å². The fraction of sp³-hybridized carbons (Fsp3) is 1.00. The van der Waals surface area contributed by atoms with Gasteiger partial charge in [-0.15, -0.1) is 0 Å². The number of hydrogen-bond donors (Lipinski definition) is 1. The predicted octanol–water partition coefficient (Wildman–Crippen LogP) is 3.06. The third kappa shape index (κ3) is 2.70. The maximum Gasteiger partial charge on any atom is 0.00669 e. The summed E-state index contributed by atoms with van der Waals surface area (Å²) in [5, 5.41) is 3.43. The van der Waals surface area contributed by atoms with Gasteiger partial charge in [-0.1, -0.05) is 27.2 Å². The van der Waals surface area contributed by atoms with E-state index in [4.69, 9.17) is 0 Å². The van der Waals surface area contributed by atoms with Gasteiger partial charge in [0, 0.05) is 6.04 Å². The van der Waals surface area contributed by atoms with Gasteiger partial charge in [-0.05, 0) is 44.1 Å². The van der Waals surface area contributed by atoms with Gasteiger partial charge in [0.05, 0.1) is 0 Å². The third-order valence-corrected chi connectivity index (χ3v) is 3.83. The molecule has 1 rings (SSSR count). The number of nitrogens with one attached hydrogen (secondary N) is 1. The van der Waals surface area contributed by atoms with E-state index >= 15 is 0 Å². The molecule has 1 N–H and O–H groups in total. The number of hydrogen-bond acceptors (Lipinski definition) is 1. The van der Waals surface area contributed by atoms with Crippen molar-refractivity contribution < 1.29 is 0 Å². The first-order valence-corrected chi connectivity index (χ1v) is 5.86. The zero-order valence-corrected chi connectivity index (χ0v) is 9.64. The van der Waals surface area contributed by atoms with Gasteiger partial charge in [-0.25, -0.2) is 0 Å². The lowest BCUT2D eigenvalue weighted by Gasteiger charge is -2.38. The summed E-state index contributed by atoms with van der Waals surface area (Å²) in [6.45, 7) is 7.11. The average molecular weight is 183 g/mol. The Bertz CT molecular complexity index is 142. The van der Waals surface area contributed by atoms with E-state index in [0.29, 0.717) is 0 Å². The summed E-state index contributed by atoms with van der Waals surface area (Å²) >= 11 is 0. The summed E-state index contributed by atoms with van der Waals surface area (Å²) < 4.78 is 0. The zero-order valence-electron chi connectivity index (χ0n) is 9.64. The molecule has 0 amide bonds. The SMILES string of the molecule is CCC1CC(NC)CCC1C(C)C. The maximum atomic E-state index is 3.43. The van der Waals surface area contributed by atoms with Crippen LogP contribution in [0, 0.1) is 17.8 Å². The van der Waals surface area contributed by atoms with Crippen LogP contribution in [0.15, 0.2) is 0 Å². The molecule has 0 aromatic heterocycles. The lowest BCUT2D eigenvalue weighted by Crippen LogP contribution is -2.37. The van der Waals surface area contributed by atoms with Gasteiger partial charge < -0.3 is 5.32 Å². The number of rotatable bonds is 3. The predicted molar refractivity (Wildman–Crippen MR) is 58.8 cm³/mol. The van der Waals surface area contributed by atoms with E-state index in [1.54, 1.807) is 0 Å².